The SMILES string of the molecule is CCCC(C)(CO)NCc1cccnc1Cl. The first-order valence-corrected chi connectivity index (χ1v) is 5.94. The number of nitrogens with zero attached hydrogens (tertiary/aromatic N) is 1. The Labute approximate surface area is 102 Å². The normalized spacial score (nSPS) is 14.8. The van der Waals surface area contributed by atoms with E-state index in [1.165, 1.54) is 0 Å². The Morgan fingerprint density at radius 3 is 2.88 bits per heavy atom. The maximum Gasteiger partial charge on any atom is 0.133 e. The van der Waals surface area contributed by atoms with Gasteiger partial charge in [-0.1, -0.05) is 31.0 Å². The van der Waals surface area contributed by atoms with Crippen LogP contribution >= 0.6 is 11.6 Å². The number of halogens is 1. The van der Waals surface area contributed by atoms with E-state index < -0.39 is 0 Å². The monoisotopic (exact) mass is 242 g/mol. The predicted molar refractivity (Wildman–Crippen MR) is 66.5 cm³/mol. The Morgan fingerprint density at radius 2 is 2.31 bits per heavy atom. The molecule has 90 valence electrons. The molecule has 3 nitrogen and oxygen atoms in total. The number of rotatable bonds is 6. The van der Waals surface area contributed by atoms with E-state index in [4.69, 9.17) is 11.6 Å². The molecule has 16 heavy (non-hydrogen) atoms. The molecular weight excluding hydrogens is 224 g/mol. The van der Waals surface area contributed by atoms with Gasteiger partial charge < -0.3 is 10.4 Å². The third-order valence-corrected chi connectivity index (χ3v) is 3.03. The molecule has 1 unspecified atom stereocenters. The molecule has 1 atom stereocenters. The van der Waals surface area contributed by atoms with Crippen molar-refractivity contribution in [3.8, 4) is 0 Å². The van der Waals surface area contributed by atoms with E-state index in [1.54, 1.807) is 6.20 Å². The molecule has 1 aromatic rings. The molecule has 0 aliphatic carbocycles. The fraction of sp³-hybridized carbons (Fsp3) is 0.583. The summed E-state index contributed by atoms with van der Waals surface area (Å²) in [4.78, 5) is 4.01. The first-order chi connectivity index (χ1) is 7.61. The van der Waals surface area contributed by atoms with E-state index in [2.05, 4.69) is 17.2 Å². The van der Waals surface area contributed by atoms with Gasteiger partial charge >= 0.3 is 0 Å². The van der Waals surface area contributed by atoms with Crippen LogP contribution in [0.1, 0.15) is 32.3 Å². The summed E-state index contributed by atoms with van der Waals surface area (Å²) in [7, 11) is 0. The Balaban J connectivity index is 2.59. The molecule has 0 radical (unpaired) electrons. The van der Waals surface area contributed by atoms with Crippen molar-refractivity contribution in [2.75, 3.05) is 6.61 Å². The van der Waals surface area contributed by atoms with Gasteiger partial charge in [0.2, 0.25) is 0 Å². The lowest BCUT2D eigenvalue weighted by atomic mass is 9.97. The van der Waals surface area contributed by atoms with Crippen LogP contribution in [0.4, 0.5) is 0 Å². The topological polar surface area (TPSA) is 45.1 Å². The van der Waals surface area contributed by atoms with Crippen molar-refractivity contribution in [2.24, 2.45) is 0 Å². The highest BCUT2D eigenvalue weighted by atomic mass is 35.5. The summed E-state index contributed by atoms with van der Waals surface area (Å²) in [5, 5.41) is 13.2. The maximum atomic E-state index is 9.35. The van der Waals surface area contributed by atoms with Crippen LogP contribution in [0.15, 0.2) is 18.3 Å². The van der Waals surface area contributed by atoms with Gasteiger partial charge in [-0.3, -0.25) is 0 Å². The van der Waals surface area contributed by atoms with Crippen molar-refractivity contribution in [1.82, 2.24) is 10.3 Å². The molecule has 0 bridgehead atoms. The number of hydrogen-bond acceptors (Lipinski definition) is 3. The van der Waals surface area contributed by atoms with E-state index in [0.29, 0.717) is 11.7 Å². The first-order valence-electron chi connectivity index (χ1n) is 5.56. The number of aliphatic hydroxyl groups excluding tert-OH is 1. The minimum atomic E-state index is -0.242. The van der Waals surface area contributed by atoms with Gasteiger partial charge in [-0.15, -0.1) is 0 Å². The van der Waals surface area contributed by atoms with Crippen LogP contribution in [0.25, 0.3) is 0 Å². The number of aliphatic hydroxyl groups is 1. The summed E-state index contributed by atoms with van der Waals surface area (Å²) in [6.07, 6.45) is 3.63. The second-order valence-corrected chi connectivity index (χ2v) is 4.63. The molecule has 0 saturated heterocycles. The van der Waals surface area contributed by atoms with Crippen LogP contribution in [-0.2, 0) is 6.54 Å². The fourth-order valence-electron chi connectivity index (χ4n) is 1.63. The van der Waals surface area contributed by atoms with Crippen LogP contribution in [-0.4, -0.2) is 22.2 Å². The molecule has 0 fully saturated rings. The molecular formula is C12H19ClN2O. The average Bonchev–Trinajstić information content (AvgIpc) is 2.28. The molecule has 1 aromatic heterocycles. The summed E-state index contributed by atoms with van der Waals surface area (Å²) in [6.45, 7) is 4.87. The summed E-state index contributed by atoms with van der Waals surface area (Å²) in [5.41, 5.74) is 0.716. The number of pyridine rings is 1. The van der Waals surface area contributed by atoms with Crippen molar-refractivity contribution < 1.29 is 5.11 Å². The number of hydrogen-bond donors (Lipinski definition) is 2. The van der Waals surface area contributed by atoms with Gasteiger partial charge in [0.05, 0.1) is 6.61 Å². The van der Waals surface area contributed by atoms with Crippen LogP contribution in [0.2, 0.25) is 5.15 Å². The van der Waals surface area contributed by atoms with E-state index in [1.807, 2.05) is 19.1 Å². The van der Waals surface area contributed by atoms with Crippen LogP contribution in [0.3, 0.4) is 0 Å². The van der Waals surface area contributed by atoms with Crippen LogP contribution in [0.5, 0.6) is 0 Å². The highest BCUT2D eigenvalue weighted by Crippen LogP contribution is 2.15. The standard InChI is InChI=1S/C12H19ClN2O/c1-3-6-12(2,9-16)15-8-10-5-4-7-14-11(10)13/h4-5,7,15-16H,3,6,8-9H2,1-2H3. The van der Waals surface area contributed by atoms with E-state index in [9.17, 15) is 5.11 Å². The summed E-state index contributed by atoms with van der Waals surface area (Å²) >= 11 is 5.96. The zero-order chi connectivity index (χ0) is 12.0. The molecule has 0 saturated carbocycles. The highest BCUT2D eigenvalue weighted by molar-refractivity contribution is 6.30. The number of aromatic nitrogens is 1. The van der Waals surface area contributed by atoms with Crippen molar-refractivity contribution >= 4 is 11.6 Å². The van der Waals surface area contributed by atoms with Gasteiger partial charge in [0.15, 0.2) is 0 Å². The predicted octanol–water partition coefficient (Wildman–Crippen LogP) is 2.38. The van der Waals surface area contributed by atoms with E-state index in [0.717, 1.165) is 18.4 Å². The third-order valence-electron chi connectivity index (χ3n) is 2.69. The minimum Gasteiger partial charge on any atom is -0.394 e. The molecule has 4 heteroatoms. The second kappa shape index (κ2) is 6.18. The van der Waals surface area contributed by atoms with Gasteiger partial charge in [-0.05, 0) is 19.4 Å². The molecule has 0 spiro atoms. The lowest BCUT2D eigenvalue weighted by Gasteiger charge is -2.28. The van der Waals surface area contributed by atoms with Crippen molar-refractivity contribution in [3.63, 3.8) is 0 Å². The lowest BCUT2D eigenvalue weighted by molar-refractivity contribution is 0.163. The highest BCUT2D eigenvalue weighted by Gasteiger charge is 2.21. The third kappa shape index (κ3) is 3.74. The Kier molecular flexibility index (Phi) is 5.19. The van der Waals surface area contributed by atoms with Gasteiger partial charge in [0.25, 0.3) is 0 Å². The molecule has 1 rings (SSSR count). The molecule has 0 amide bonds. The van der Waals surface area contributed by atoms with Gasteiger partial charge in [0, 0.05) is 23.8 Å². The summed E-state index contributed by atoms with van der Waals surface area (Å²) in [6, 6.07) is 3.80. The van der Waals surface area contributed by atoms with Gasteiger partial charge in [0.1, 0.15) is 5.15 Å². The van der Waals surface area contributed by atoms with Crippen molar-refractivity contribution in [2.45, 2.75) is 38.8 Å². The maximum absolute atomic E-state index is 9.35. The summed E-state index contributed by atoms with van der Waals surface area (Å²) in [5.74, 6) is 0. The van der Waals surface area contributed by atoms with E-state index in [-0.39, 0.29) is 12.1 Å². The average molecular weight is 243 g/mol. The molecule has 0 aliphatic rings. The Bertz CT molecular complexity index is 333. The lowest BCUT2D eigenvalue weighted by Crippen LogP contribution is -2.45. The zero-order valence-corrected chi connectivity index (χ0v) is 10.6. The first kappa shape index (κ1) is 13.4. The largest absolute Gasteiger partial charge is 0.394 e. The number of nitrogens with one attached hydrogen (secondary N) is 1. The summed E-state index contributed by atoms with van der Waals surface area (Å²) < 4.78 is 0. The smallest absolute Gasteiger partial charge is 0.133 e. The van der Waals surface area contributed by atoms with Gasteiger partial charge in [-0.25, -0.2) is 4.98 Å². The molecule has 1 heterocycles. The molecule has 0 aliphatic heterocycles. The fourth-order valence-corrected chi connectivity index (χ4v) is 1.82. The van der Waals surface area contributed by atoms with Crippen molar-refractivity contribution in [1.29, 1.82) is 0 Å². The Hall–Kier alpha value is -0.640. The quantitative estimate of drug-likeness (QED) is 0.753. The minimum absolute atomic E-state index is 0.124. The molecule has 0 aromatic carbocycles. The zero-order valence-electron chi connectivity index (χ0n) is 9.83. The molecule has 2 N–H and O–H groups in total. The van der Waals surface area contributed by atoms with Crippen LogP contribution < -0.4 is 5.32 Å². The van der Waals surface area contributed by atoms with Crippen molar-refractivity contribution in [3.05, 3.63) is 29.0 Å². The second-order valence-electron chi connectivity index (χ2n) is 4.28. The van der Waals surface area contributed by atoms with E-state index >= 15 is 0 Å². The Morgan fingerprint density at radius 1 is 1.56 bits per heavy atom. The van der Waals surface area contributed by atoms with Gasteiger partial charge in [-0.2, -0.15) is 0 Å². The van der Waals surface area contributed by atoms with Crippen LogP contribution in [0, 0.1) is 0 Å².